The third-order valence-corrected chi connectivity index (χ3v) is 12.1. The fourth-order valence-corrected chi connectivity index (χ4v) is 9.09. The smallest absolute Gasteiger partial charge is 0.387 e. The molecule has 0 rings (SSSR count). The first-order valence-corrected chi connectivity index (χ1v) is 20.2. The van der Waals surface area contributed by atoms with Gasteiger partial charge >= 0.3 is 39.1 Å². The Balaban J connectivity index is 4.43. The summed E-state index contributed by atoms with van der Waals surface area (Å²) in [5.74, 6) is 0. The Kier molecular flexibility index (Phi) is 19.9. The van der Waals surface area contributed by atoms with E-state index >= 15 is 0 Å². The zero-order valence-corrected chi connectivity index (χ0v) is 27.0. The molecule has 0 bridgehead atoms. The highest BCUT2D eigenvalue weighted by Gasteiger charge is 2.47. The van der Waals surface area contributed by atoms with E-state index in [2.05, 4.69) is 28.7 Å². The van der Waals surface area contributed by atoms with Crippen LogP contribution >= 0.6 is 39.1 Å². The minimum atomic E-state index is -6.18. The molecular weight excluding hydrogens is 657 g/mol. The van der Waals surface area contributed by atoms with Gasteiger partial charge in [0.05, 0.1) is 18.8 Å². The number of aliphatic hydroxyl groups is 1. The zero-order valence-electron chi connectivity index (χ0n) is 22.5. The largest absolute Gasteiger partial charge is 0.490 e. The van der Waals surface area contributed by atoms with E-state index in [0.29, 0.717) is 6.42 Å². The van der Waals surface area contributed by atoms with Gasteiger partial charge in [-0.15, -0.1) is 0 Å². The summed E-state index contributed by atoms with van der Waals surface area (Å²) in [7, 11) is -29.6. The summed E-state index contributed by atoms with van der Waals surface area (Å²) in [4.78, 5) is 54.1. The summed E-state index contributed by atoms with van der Waals surface area (Å²) in [5.41, 5.74) is 5.64. The van der Waals surface area contributed by atoms with Gasteiger partial charge in [-0.2, -0.15) is 17.2 Å². The molecule has 0 saturated heterocycles. The molecule has 6 atom stereocenters. The average Bonchev–Trinajstić information content (AvgIpc) is 2.76. The number of allylic oxidation sites excluding steroid dienone is 1. The van der Waals surface area contributed by atoms with Crippen molar-refractivity contribution >= 4 is 39.1 Å². The van der Waals surface area contributed by atoms with Gasteiger partial charge in [0.1, 0.15) is 0 Å². The standard InChI is InChI=1S/C18H42NO17P5/c1-2-3-4-5-6-7-8-9-10-11-12-13-14-15-18(20)17(19)16-32-38(24,25)34-40(28,29)36-41(30,31)35-39(26,27)33-37(21,22)23/h14-15,17-18,20H,2-13,16,19H2,1H3,(H,24,25)(H,26,27)(H,28,29)(H,30,31)(H2,21,22,23)/b15-14+/t17-,18+/m0/s1. The zero-order chi connectivity index (χ0) is 31.8. The molecule has 0 saturated carbocycles. The predicted octanol–water partition coefficient (Wildman–Crippen LogP) is 4.51. The van der Waals surface area contributed by atoms with Crippen molar-refractivity contribution in [2.45, 2.75) is 96.1 Å². The van der Waals surface area contributed by atoms with Crippen LogP contribution < -0.4 is 5.73 Å². The molecular formula is C18H42NO17P5. The van der Waals surface area contributed by atoms with E-state index in [-0.39, 0.29) is 0 Å². The highest BCUT2D eigenvalue weighted by molar-refractivity contribution is 7.71. The minimum absolute atomic E-state index is 0.650. The van der Waals surface area contributed by atoms with Crippen molar-refractivity contribution in [1.29, 1.82) is 0 Å². The van der Waals surface area contributed by atoms with Crippen LogP contribution in [0.15, 0.2) is 12.2 Å². The maximum Gasteiger partial charge on any atom is 0.490 e. The molecule has 4 unspecified atom stereocenters. The Bertz CT molecular complexity index is 1020. The van der Waals surface area contributed by atoms with Crippen LogP contribution in [0.2, 0.25) is 0 Å². The van der Waals surface area contributed by atoms with Crippen LogP contribution in [0, 0.1) is 0 Å². The van der Waals surface area contributed by atoms with E-state index < -0.39 is 57.9 Å². The molecule has 0 aliphatic heterocycles. The average molecular weight is 699 g/mol. The lowest BCUT2D eigenvalue weighted by atomic mass is 10.0. The molecule has 0 aromatic carbocycles. The van der Waals surface area contributed by atoms with Crippen LogP contribution in [-0.2, 0) is 44.6 Å². The highest BCUT2D eigenvalue weighted by atomic mass is 31.3. The third-order valence-electron chi connectivity index (χ3n) is 5.01. The maximum atomic E-state index is 11.9. The Morgan fingerprint density at radius 2 is 1.02 bits per heavy atom. The van der Waals surface area contributed by atoms with Crippen LogP contribution in [0.1, 0.15) is 84.0 Å². The van der Waals surface area contributed by atoms with Crippen LogP contribution in [0.4, 0.5) is 0 Å². The molecule has 0 radical (unpaired) electrons. The van der Waals surface area contributed by atoms with Gasteiger partial charge in [0.2, 0.25) is 0 Å². The molecule has 0 heterocycles. The second-order valence-corrected chi connectivity index (χ2v) is 16.5. The van der Waals surface area contributed by atoms with E-state index in [4.69, 9.17) is 20.4 Å². The van der Waals surface area contributed by atoms with Crippen molar-refractivity contribution < 1.29 is 79.1 Å². The Morgan fingerprint density at radius 3 is 1.46 bits per heavy atom. The number of unbranched alkanes of at least 4 members (excludes halogenated alkanes) is 11. The highest BCUT2D eigenvalue weighted by Crippen LogP contribution is 2.73. The molecule has 23 heteroatoms. The van der Waals surface area contributed by atoms with Gasteiger partial charge < -0.3 is 40.2 Å². The first-order chi connectivity index (χ1) is 18.7. The molecule has 0 aliphatic rings. The number of nitrogens with two attached hydrogens (primary N) is 1. The summed E-state index contributed by atoms with van der Waals surface area (Å²) in [6.45, 7) is 1.28. The fourth-order valence-electron chi connectivity index (χ4n) is 3.18. The van der Waals surface area contributed by atoms with E-state index in [0.717, 1.165) is 25.7 Å². The Hall–Kier alpha value is 0.370. The van der Waals surface area contributed by atoms with Gasteiger partial charge in [-0.3, -0.25) is 4.52 Å². The summed E-state index contributed by atoms with van der Waals surface area (Å²) < 4.78 is 75.3. The number of hydrogen-bond acceptors (Lipinski definition) is 12. The van der Waals surface area contributed by atoms with Crippen molar-refractivity contribution in [3.8, 4) is 0 Å². The summed E-state index contributed by atoms with van der Waals surface area (Å²) in [6, 6.07) is -1.32. The lowest BCUT2D eigenvalue weighted by Crippen LogP contribution is -2.37. The van der Waals surface area contributed by atoms with Gasteiger partial charge in [-0.25, -0.2) is 22.8 Å². The molecule has 0 aromatic heterocycles. The summed E-state index contributed by atoms with van der Waals surface area (Å²) in [6.07, 6.45) is 15.3. The molecule has 9 N–H and O–H groups in total. The molecule has 0 spiro atoms. The topological polar surface area (TPSA) is 299 Å². The maximum absolute atomic E-state index is 11.9. The van der Waals surface area contributed by atoms with Crippen molar-refractivity contribution in [3.05, 3.63) is 12.2 Å². The van der Waals surface area contributed by atoms with E-state index in [1.807, 2.05) is 0 Å². The Labute approximate surface area is 238 Å². The summed E-state index contributed by atoms with van der Waals surface area (Å²) in [5, 5.41) is 10.0. The van der Waals surface area contributed by atoms with Gasteiger partial charge in [0, 0.05) is 0 Å². The van der Waals surface area contributed by atoms with E-state index in [1.54, 1.807) is 6.08 Å². The second-order valence-electron chi connectivity index (χ2n) is 8.89. The van der Waals surface area contributed by atoms with Crippen molar-refractivity contribution in [2.75, 3.05) is 6.61 Å². The molecule has 0 aromatic rings. The van der Waals surface area contributed by atoms with Crippen LogP contribution in [0.25, 0.3) is 0 Å². The lowest BCUT2D eigenvalue weighted by Gasteiger charge is -2.21. The van der Waals surface area contributed by atoms with Crippen LogP contribution in [0.3, 0.4) is 0 Å². The fraction of sp³-hybridized carbons (Fsp3) is 0.889. The van der Waals surface area contributed by atoms with Gasteiger partial charge in [0.15, 0.2) is 0 Å². The normalized spacial score (nSPS) is 20.1. The molecule has 18 nitrogen and oxygen atoms in total. The monoisotopic (exact) mass is 699 g/mol. The quantitative estimate of drug-likeness (QED) is 0.0369. The number of hydrogen-bond donors (Lipinski definition) is 8. The first-order valence-electron chi connectivity index (χ1n) is 12.7. The number of phosphoric acid groups is 5. The minimum Gasteiger partial charge on any atom is -0.387 e. The second kappa shape index (κ2) is 19.7. The number of rotatable bonds is 25. The first kappa shape index (κ1) is 41.4. The van der Waals surface area contributed by atoms with Crippen molar-refractivity contribution in [1.82, 2.24) is 0 Å². The molecule has 0 fully saturated rings. The van der Waals surface area contributed by atoms with E-state index in [9.17, 15) is 42.6 Å². The third kappa shape index (κ3) is 24.4. The predicted molar refractivity (Wildman–Crippen MR) is 146 cm³/mol. The molecule has 0 aliphatic carbocycles. The van der Waals surface area contributed by atoms with Crippen molar-refractivity contribution in [2.24, 2.45) is 5.73 Å². The summed E-state index contributed by atoms with van der Waals surface area (Å²) >= 11 is 0. The lowest BCUT2D eigenvalue weighted by molar-refractivity contribution is 0.125. The van der Waals surface area contributed by atoms with E-state index in [1.165, 1.54) is 51.0 Å². The van der Waals surface area contributed by atoms with Crippen molar-refractivity contribution in [3.63, 3.8) is 0 Å². The van der Waals surface area contributed by atoms with Crippen LogP contribution in [0.5, 0.6) is 0 Å². The molecule has 41 heavy (non-hydrogen) atoms. The van der Waals surface area contributed by atoms with Gasteiger partial charge in [-0.05, 0) is 12.8 Å². The van der Waals surface area contributed by atoms with Gasteiger partial charge in [0.25, 0.3) is 0 Å². The number of aliphatic hydroxyl groups excluding tert-OH is 1. The SMILES string of the molecule is CCCCCCCCCCCCC/C=C/[C@@H](O)[C@@H](N)COP(=O)(O)OP(=O)(O)OP(=O)(O)OP(=O)(O)OP(=O)(O)O. The molecule has 0 amide bonds. The van der Waals surface area contributed by atoms with Gasteiger partial charge in [-0.1, -0.05) is 83.3 Å². The molecule has 246 valence electrons. The Morgan fingerprint density at radius 1 is 0.634 bits per heavy atom. The number of phosphoric ester groups is 1. The van der Waals surface area contributed by atoms with Crippen LogP contribution in [-0.4, -0.2) is 53.2 Å².